The monoisotopic (exact) mass is 197 g/mol. The van der Waals surface area contributed by atoms with Crippen LogP contribution in [-0.4, -0.2) is 12.0 Å². The average Bonchev–Trinajstić information content (AvgIpc) is 2.19. The third kappa shape index (κ3) is 4.45. The van der Waals surface area contributed by atoms with Crippen LogP contribution in [0.4, 0.5) is 5.69 Å². The molecule has 0 aliphatic heterocycles. The smallest absolute Gasteiger partial charge is 0.269 e. The fraction of sp³-hybridized carbons (Fsp3) is 0.400. The lowest BCUT2D eigenvalue weighted by Crippen LogP contribution is -1.87. The van der Waals surface area contributed by atoms with E-state index in [0.29, 0.717) is 5.75 Å². The van der Waals surface area contributed by atoms with E-state index in [4.69, 9.17) is 4.74 Å². The Kier molecular flexibility index (Phi) is 6.11. The number of ether oxygens (including phenoxy) is 1. The molecule has 0 N–H and O–H groups in total. The van der Waals surface area contributed by atoms with Gasteiger partial charge in [0.05, 0.1) is 12.0 Å². The van der Waals surface area contributed by atoms with E-state index in [1.54, 1.807) is 12.1 Å². The van der Waals surface area contributed by atoms with Crippen LogP contribution in [-0.2, 0) is 0 Å². The van der Waals surface area contributed by atoms with E-state index in [2.05, 4.69) is 13.8 Å². The molecular formula is C10H15NO3. The molecule has 1 aromatic carbocycles. The van der Waals surface area contributed by atoms with E-state index in [1.165, 1.54) is 25.7 Å². The zero-order valence-corrected chi connectivity index (χ0v) is 8.69. The van der Waals surface area contributed by atoms with Gasteiger partial charge in [-0.1, -0.05) is 20.3 Å². The van der Waals surface area contributed by atoms with Crippen molar-refractivity contribution in [1.82, 2.24) is 0 Å². The molecule has 0 bridgehead atoms. The molecule has 0 saturated carbocycles. The highest BCUT2D eigenvalue weighted by Crippen LogP contribution is 2.16. The molecule has 0 saturated heterocycles. The zero-order valence-electron chi connectivity index (χ0n) is 8.69. The summed E-state index contributed by atoms with van der Waals surface area (Å²) >= 11 is 0. The van der Waals surface area contributed by atoms with Gasteiger partial charge in [0.25, 0.3) is 5.69 Å². The quantitative estimate of drug-likeness (QED) is 0.541. The van der Waals surface area contributed by atoms with E-state index < -0.39 is 4.92 Å². The highest BCUT2D eigenvalue weighted by molar-refractivity contribution is 5.35. The van der Waals surface area contributed by atoms with Crippen LogP contribution in [0.25, 0.3) is 0 Å². The summed E-state index contributed by atoms with van der Waals surface area (Å²) in [6, 6.07) is 5.91. The molecular weight excluding hydrogens is 182 g/mol. The van der Waals surface area contributed by atoms with Crippen molar-refractivity contribution in [2.45, 2.75) is 20.3 Å². The van der Waals surface area contributed by atoms with Gasteiger partial charge in [-0.05, 0) is 12.1 Å². The molecule has 0 amide bonds. The summed E-state index contributed by atoms with van der Waals surface area (Å²) in [4.78, 5) is 9.72. The topological polar surface area (TPSA) is 52.4 Å². The van der Waals surface area contributed by atoms with Crippen LogP contribution in [0.2, 0.25) is 0 Å². The number of non-ortho nitro benzene ring substituents is 1. The molecule has 4 nitrogen and oxygen atoms in total. The van der Waals surface area contributed by atoms with Gasteiger partial charge in [-0.15, -0.1) is 0 Å². The van der Waals surface area contributed by atoms with Gasteiger partial charge < -0.3 is 4.74 Å². The van der Waals surface area contributed by atoms with Crippen LogP contribution in [0.1, 0.15) is 20.3 Å². The molecule has 78 valence electrons. The van der Waals surface area contributed by atoms with Crippen LogP contribution < -0.4 is 4.74 Å². The second kappa shape index (κ2) is 6.88. The Hall–Kier alpha value is -1.58. The predicted molar refractivity (Wildman–Crippen MR) is 55.6 cm³/mol. The summed E-state index contributed by atoms with van der Waals surface area (Å²) in [6.45, 7) is 4.25. The molecule has 0 unspecified atom stereocenters. The van der Waals surface area contributed by atoms with Crippen LogP contribution in [0.15, 0.2) is 24.3 Å². The molecule has 4 heteroatoms. The van der Waals surface area contributed by atoms with Gasteiger partial charge in [-0.2, -0.15) is 0 Å². The lowest BCUT2D eigenvalue weighted by molar-refractivity contribution is -0.384. The predicted octanol–water partition coefficient (Wildman–Crippen LogP) is 3.02. The van der Waals surface area contributed by atoms with Crippen molar-refractivity contribution >= 4 is 5.69 Å². The molecule has 1 aromatic rings. The summed E-state index contributed by atoms with van der Waals surface area (Å²) in [5.41, 5.74) is 0.0748. The standard InChI is InChI=1S/C7H7NO3.C3H8/c1-11-7-4-2-6(3-5-7)8(9)10;1-3-2/h2-5H,1H3;3H2,1-2H3. The van der Waals surface area contributed by atoms with Crippen LogP contribution >= 0.6 is 0 Å². The Bertz CT molecular complexity index is 269. The van der Waals surface area contributed by atoms with Crippen molar-refractivity contribution in [2.24, 2.45) is 0 Å². The van der Waals surface area contributed by atoms with Gasteiger partial charge in [0.1, 0.15) is 5.75 Å². The third-order valence-corrected chi connectivity index (χ3v) is 1.28. The fourth-order valence-electron chi connectivity index (χ4n) is 0.704. The first-order chi connectivity index (χ1) is 6.65. The molecule has 0 spiro atoms. The SMILES string of the molecule is CCC.COc1ccc([N+](=O)[O-])cc1. The Morgan fingerprint density at radius 3 is 2.00 bits per heavy atom. The van der Waals surface area contributed by atoms with Crippen LogP contribution in [0.3, 0.4) is 0 Å². The number of nitro groups is 1. The Labute approximate surface area is 83.7 Å². The van der Waals surface area contributed by atoms with Crippen molar-refractivity contribution in [3.8, 4) is 5.75 Å². The maximum atomic E-state index is 10.2. The molecule has 0 fully saturated rings. The van der Waals surface area contributed by atoms with Crippen molar-refractivity contribution in [3.05, 3.63) is 34.4 Å². The summed E-state index contributed by atoms with van der Waals surface area (Å²) in [7, 11) is 1.52. The van der Waals surface area contributed by atoms with E-state index in [1.807, 2.05) is 0 Å². The average molecular weight is 197 g/mol. The maximum absolute atomic E-state index is 10.2. The lowest BCUT2D eigenvalue weighted by atomic mass is 10.3. The number of hydrogen-bond acceptors (Lipinski definition) is 3. The molecule has 0 heterocycles. The van der Waals surface area contributed by atoms with E-state index in [9.17, 15) is 10.1 Å². The largest absolute Gasteiger partial charge is 0.497 e. The molecule has 14 heavy (non-hydrogen) atoms. The van der Waals surface area contributed by atoms with Gasteiger partial charge in [-0.25, -0.2) is 0 Å². The van der Waals surface area contributed by atoms with Gasteiger partial charge in [-0.3, -0.25) is 10.1 Å². The Morgan fingerprint density at radius 1 is 1.29 bits per heavy atom. The van der Waals surface area contributed by atoms with Crippen molar-refractivity contribution < 1.29 is 9.66 Å². The van der Waals surface area contributed by atoms with Gasteiger partial charge in [0, 0.05) is 12.1 Å². The van der Waals surface area contributed by atoms with Crippen molar-refractivity contribution in [2.75, 3.05) is 7.11 Å². The maximum Gasteiger partial charge on any atom is 0.269 e. The van der Waals surface area contributed by atoms with Crippen molar-refractivity contribution in [1.29, 1.82) is 0 Å². The minimum atomic E-state index is -0.445. The van der Waals surface area contributed by atoms with Gasteiger partial charge in [0.15, 0.2) is 0 Å². The van der Waals surface area contributed by atoms with Gasteiger partial charge >= 0.3 is 0 Å². The molecule has 0 aliphatic rings. The number of benzene rings is 1. The third-order valence-electron chi connectivity index (χ3n) is 1.28. The zero-order chi connectivity index (χ0) is 11.0. The summed E-state index contributed by atoms with van der Waals surface area (Å²) in [5.74, 6) is 0.621. The first-order valence-corrected chi connectivity index (χ1v) is 4.44. The normalized spacial score (nSPS) is 8.50. The molecule has 0 aromatic heterocycles. The van der Waals surface area contributed by atoms with Crippen LogP contribution in [0, 0.1) is 10.1 Å². The second-order valence-electron chi connectivity index (χ2n) is 2.66. The Morgan fingerprint density at radius 2 is 1.71 bits per heavy atom. The Balaban J connectivity index is 0.000000500. The molecule has 1 rings (SSSR count). The van der Waals surface area contributed by atoms with Crippen molar-refractivity contribution in [3.63, 3.8) is 0 Å². The number of nitrogens with zero attached hydrogens (tertiary/aromatic N) is 1. The van der Waals surface area contributed by atoms with Gasteiger partial charge in [0.2, 0.25) is 0 Å². The second-order valence-corrected chi connectivity index (χ2v) is 2.66. The summed E-state index contributed by atoms with van der Waals surface area (Å²) < 4.78 is 4.83. The van der Waals surface area contributed by atoms with E-state index >= 15 is 0 Å². The number of nitro benzene ring substituents is 1. The highest BCUT2D eigenvalue weighted by Gasteiger charge is 2.02. The molecule has 0 radical (unpaired) electrons. The number of hydrogen-bond donors (Lipinski definition) is 0. The minimum absolute atomic E-state index is 0.0748. The summed E-state index contributed by atoms with van der Waals surface area (Å²) in [5, 5.41) is 10.2. The fourth-order valence-corrected chi connectivity index (χ4v) is 0.704. The first kappa shape index (κ1) is 12.4. The first-order valence-electron chi connectivity index (χ1n) is 4.44. The number of methoxy groups -OCH3 is 1. The molecule has 0 aliphatic carbocycles. The molecule has 0 atom stereocenters. The number of rotatable bonds is 2. The minimum Gasteiger partial charge on any atom is -0.497 e. The highest BCUT2D eigenvalue weighted by atomic mass is 16.6. The summed E-state index contributed by atoms with van der Waals surface area (Å²) in [6.07, 6.45) is 1.25. The van der Waals surface area contributed by atoms with Crippen LogP contribution in [0.5, 0.6) is 5.75 Å². The van der Waals surface area contributed by atoms with E-state index in [-0.39, 0.29) is 5.69 Å². The van der Waals surface area contributed by atoms with E-state index in [0.717, 1.165) is 0 Å². The lowest BCUT2D eigenvalue weighted by Gasteiger charge is -1.96.